The summed E-state index contributed by atoms with van der Waals surface area (Å²) in [5.74, 6) is 0.764. The number of nitrogens with one attached hydrogen (secondary N) is 2. The minimum atomic E-state index is -3.11. The lowest BCUT2D eigenvalue weighted by atomic mass is 10.4. The zero-order valence-electron chi connectivity index (χ0n) is 13.3. The van der Waals surface area contributed by atoms with E-state index < -0.39 is 10.0 Å². The largest absolute Gasteiger partial charge is 0.356 e. The van der Waals surface area contributed by atoms with Crippen LogP contribution < -0.4 is 10.0 Å². The Morgan fingerprint density at radius 1 is 1.45 bits per heavy atom. The van der Waals surface area contributed by atoms with Gasteiger partial charge in [-0.05, 0) is 13.3 Å². The first-order valence-electron chi connectivity index (χ1n) is 6.59. The average molecular weight is 461 g/mol. The molecule has 0 radical (unpaired) electrons. The fourth-order valence-corrected chi connectivity index (χ4v) is 2.85. The maximum absolute atomic E-state index is 10.9. The number of sulfonamides is 1. The number of aliphatic imine (C=N–C) groups is 1. The van der Waals surface area contributed by atoms with Gasteiger partial charge in [-0.2, -0.15) is 0 Å². The zero-order chi connectivity index (χ0) is 15.9. The van der Waals surface area contributed by atoms with Crippen LogP contribution >= 0.6 is 35.3 Å². The van der Waals surface area contributed by atoms with E-state index in [0.29, 0.717) is 26.1 Å². The second kappa shape index (κ2) is 10.3. The highest BCUT2D eigenvalue weighted by Gasteiger charge is 2.08. The topological polar surface area (TPSA) is 86.7 Å². The second-order valence-electron chi connectivity index (χ2n) is 4.71. The summed E-state index contributed by atoms with van der Waals surface area (Å²) in [5, 5.41) is 6.29. The molecule has 22 heavy (non-hydrogen) atoms. The molecule has 0 bridgehead atoms. The van der Waals surface area contributed by atoms with Crippen LogP contribution in [0.3, 0.4) is 0 Å². The number of hydrogen-bond donors (Lipinski definition) is 2. The third-order valence-electron chi connectivity index (χ3n) is 2.64. The Labute approximate surface area is 153 Å². The maximum atomic E-state index is 10.9. The summed E-state index contributed by atoms with van der Waals surface area (Å²) in [4.78, 5) is 10.6. The predicted octanol–water partition coefficient (Wildman–Crippen LogP) is 1.02. The molecule has 128 valence electrons. The third-order valence-corrected chi connectivity index (χ3v) is 4.19. The highest BCUT2D eigenvalue weighted by Crippen LogP contribution is 2.09. The molecule has 0 amide bonds. The molecule has 0 aromatic carbocycles. The van der Waals surface area contributed by atoms with Crippen molar-refractivity contribution in [1.29, 1.82) is 0 Å². The van der Waals surface area contributed by atoms with Crippen molar-refractivity contribution in [2.24, 2.45) is 4.99 Å². The van der Waals surface area contributed by atoms with Crippen molar-refractivity contribution in [2.75, 3.05) is 33.4 Å². The molecule has 0 atom stereocenters. The van der Waals surface area contributed by atoms with Gasteiger partial charge in [0.05, 0.1) is 23.5 Å². The van der Waals surface area contributed by atoms with Crippen molar-refractivity contribution in [3.8, 4) is 0 Å². The van der Waals surface area contributed by atoms with Crippen LogP contribution in [0.15, 0.2) is 10.4 Å². The summed E-state index contributed by atoms with van der Waals surface area (Å²) in [6.45, 7) is 3.73. The molecule has 0 aliphatic rings. The summed E-state index contributed by atoms with van der Waals surface area (Å²) < 4.78 is 24.3. The fraction of sp³-hybridized carbons (Fsp3) is 0.667. The van der Waals surface area contributed by atoms with E-state index in [-0.39, 0.29) is 24.0 Å². The lowest BCUT2D eigenvalue weighted by Crippen LogP contribution is -2.39. The maximum Gasteiger partial charge on any atom is 0.208 e. The Hall–Kier alpha value is -0.460. The van der Waals surface area contributed by atoms with Gasteiger partial charge in [0, 0.05) is 32.6 Å². The van der Waals surface area contributed by atoms with Gasteiger partial charge in [0.15, 0.2) is 5.96 Å². The van der Waals surface area contributed by atoms with Gasteiger partial charge in [0.1, 0.15) is 0 Å². The molecule has 0 spiro atoms. The van der Waals surface area contributed by atoms with Crippen LogP contribution in [-0.4, -0.2) is 57.7 Å². The summed E-state index contributed by atoms with van der Waals surface area (Å²) >= 11 is 1.63. The van der Waals surface area contributed by atoms with Crippen LogP contribution in [0, 0.1) is 6.92 Å². The first-order chi connectivity index (χ1) is 9.81. The summed E-state index contributed by atoms with van der Waals surface area (Å²) in [6, 6.07) is 0. The minimum Gasteiger partial charge on any atom is -0.356 e. The molecule has 0 fully saturated rings. The molecule has 7 nitrogen and oxygen atoms in total. The molecule has 0 aliphatic carbocycles. The van der Waals surface area contributed by atoms with E-state index in [1.807, 2.05) is 24.3 Å². The summed E-state index contributed by atoms with van der Waals surface area (Å²) in [6.07, 6.45) is 1.85. The molecule has 1 aromatic rings. The molecule has 0 saturated carbocycles. The van der Waals surface area contributed by atoms with E-state index in [9.17, 15) is 8.42 Å². The van der Waals surface area contributed by atoms with E-state index in [0.717, 1.165) is 22.9 Å². The zero-order valence-corrected chi connectivity index (χ0v) is 17.3. The quantitative estimate of drug-likeness (QED) is 0.274. The summed E-state index contributed by atoms with van der Waals surface area (Å²) in [5.41, 5.74) is 1.02. The van der Waals surface area contributed by atoms with Gasteiger partial charge in [-0.1, -0.05) is 0 Å². The van der Waals surface area contributed by atoms with Crippen LogP contribution in [0.5, 0.6) is 0 Å². The van der Waals surface area contributed by atoms with E-state index >= 15 is 0 Å². The highest BCUT2D eigenvalue weighted by atomic mass is 127. The number of hydrogen-bond acceptors (Lipinski definition) is 5. The third kappa shape index (κ3) is 8.86. The standard InChI is InChI=1S/C12H23N5O2S2.HI/c1-10-16-11(9-20-10)8-17(3)12(13-2)14-6-5-7-15-21(4,18)19;/h9,15H,5-8H2,1-4H3,(H,13,14);1H. The first kappa shape index (κ1) is 21.5. The molecule has 0 unspecified atom stereocenters. The number of rotatable bonds is 7. The first-order valence-corrected chi connectivity index (χ1v) is 9.36. The molecule has 1 heterocycles. The predicted molar refractivity (Wildman–Crippen MR) is 103 cm³/mol. The van der Waals surface area contributed by atoms with Crippen molar-refractivity contribution < 1.29 is 8.42 Å². The van der Waals surface area contributed by atoms with Crippen molar-refractivity contribution in [2.45, 2.75) is 19.9 Å². The Balaban J connectivity index is 0.00000441. The Kier molecular flexibility index (Phi) is 10.1. The SMILES string of the molecule is CN=C(NCCCNS(C)(=O)=O)N(C)Cc1csc(C)n1.I. The van der Waals surface area contributed by atoms with Crippen molar-refractivity contribution in [3.63, 3.8) is 0 Å². The number of guanidine groups is 1. The Morgan fingerprint density at radius 2 is 2.14 bits per heavy atom. The molecule has 10 heteroatoms. The van der Waals surface area contributed by atoms with Crippen molar-refractivity contribution >= 4 is 51.3 Å². The number of nitrogens with zero attached hydrogens (tertiary/aromatic N) is 3. The Morgan fingerprint density at radius 3 is 2.64 bits per heavy atom. The molecule has 0 saturated heterocycles. The Bertz CT molecular complexity index is 574. The molecular weight excluding hydrogens is 437 g/mol. The van der Waals surface area contributed by atoms with Gasteiger partial charge in [-0.3, -0.25) is 4.99 Å². The van der Waals surface area contributed by atoms with Gasteiger partial charge in [0.25, 0.3) is 0 Å². The van der Waals surface area contributed by atoms with Gasteiger partial charge in [0.2, 0.25) is 10.0 Å². The van der Waals surface area contributed by atoms with Gasteiger partial charge >= 0.3 is 0 Å². The number of thiazole rings is 1. The smallest absolute Gasteiger partial charge is 0.208 e. The lowest BCUT2D eigenvalue weighted by molar-refractivity contribution is 0.469. The highest BCUT2D eigenvalue weighted by molar-refractivity contribution is 14.0. The number of halogens is 1. The van der Waals surface area contributed by atoms with Gasteiger partial charge in [-0.15, -0.1) is 35.3 Å². The van der Waals surface area contributed by atoms with Crippen LogP contribution in [0.2, 0.25) is 0 Å². The molecular formula is C12H24IN5O2S2. The number of aryl methyl sites for hydroxylation is 1. The van der Waals surface area contributed by atoms with E-state index in [1.54, 1.807) is 18.4 Å². The van der Waals surface area contributed by atoms with E-state index in [4.69, 9.17) is 0 Å². The summed E-state index contributed by atoms with van der Waals surface area (Å²) in [7, 11) is 0.555. The molecule has 0 aliphatic heterocycles. The molecule has 1 rings (SSSR count). The fourth-order valence-electron chi connectivity index (χ4n) is 1.73. The molecule has 2 N–H and O–H groups in total. The lowest BCUT2D eigenvalue weighted by Gasteiger charge is -2.21. The monoisotopic (exact) mass is 461 g/mol. The number of aromatic nitrogens is 1. The van der Waals surface area contributed by atoms with E-state index in [1.165, 1.54) is 0 Å². The van der Waals surface area contributed by atoms with E-state index in [2.05, 4.69) is 20.0 Å². The van der Waals surface area contributed by atoms with Crippen LogP contribution in [0.25, 0.3) is 0 Å². The van der Waals surface area contributed by atoms with Crippen LogP contribution in [0.4, 0.5) is 0 Å². The minimum absolute atomic E-state index is 0. The average Bonchev–Trinajstić information content (AvgIpc) is 2.77. The van der Waals surface area contributed by atoms with Crippen molar-refractivity contribution in [1.82, 2.24) is 19.9 Å². The normalized spacial score (nSPS) is 11.9. The molecule has 1 aromatic heterocycles. The van der Waals surface area contributed by atoms with Crippen LogP contribution in [-0.2, 0) is 16.6 Å². The van der Waals surface area contributed by atoms with Gasteiger partial charge in [-0.25, -0.2) is 18.1 Å². The second-order valence-corrected chi connectivity index (χ2v) is 7.60. The van der Waals surface area contributed by atoms with Crippen molar-refractivity contribution in [3.05, 3.63) is 16.1 Å². The van der Waals surface area contributed by atoms with Gasteiger partial charge < -0.3 is 10.2 Å². The van der Waals surface area contributed by atoms with Crippen LogP contribution in [0.1, 0.15) is 17.1 Å².